The summed E-state index contributed by atoms with van der Waals surface area (Å²) >= 11 is 1.72. The monoisotopic (exact) mass is 330 g/mol. The number of carbonyl (C=O) groups excluding carboxylic acids is 1. The summed E-state index contributed by atoms with van der Waals surface area (Å²) in [4.78, 5) is 15.6. The molecule has 1 aromatic heterocycles. The average Bonchev–Trinajstić information content (AvgIpc) is 3.00. The molecule has 0 spiro atoms. The molecule has 2 unspecified atom stereocenters. The average molecular weight is 331 g/mol. The number of nitrogens with zero attached hydrogens (tertiary/aromatic N) is 1. The molecule has 1 aliphatic heterocycles. The van der Waals surface area contributed by atoms with Crippen molar-refractivity contribution < 1.29 is 4.79 Å². The summed E-state index contributed by atoms with van der Waals surface area (Å²) in [6, 6.07) is 4.34. The zero-order valence-corrected chi connectivity index (χ0v) is 14.8. The van der Waals surface area contributed by atoms with Gasteiger partial charge in [-0.2, -0.15) is 0 Å². The van der Waals surface area contributed by atoms with E-state index in [9.17, 15) is 4.79 Å². The van der Waals surface area contributed by atoms with Gasteiger partial charge in [0.05, 0.1) is 6.04 Å². The van der Waals surface area contributed by atoms with E-state index in [1.807, 2.05) is 18.0 Å². The lowest BCUT2D eigenvalue weighted by molar-refractivity contribution is -0.133. The molecule has 5 heteroatoms. The maximum atomic E-state index is 12.4. The van der Waals surface area contributed by atoms with Crippen molar-refractivity contribution in [3.8, 4) is 0 Å². The van der Waals surface area contributed by atoms with E-state index in [-0.39, 0.29) is 24.4 Å². The second-order valence-electron chi connectivity index (χ2n) is 5.96. The Balaban J connectivity index is 0.00000220. The number of halogens is 1. The maximum absolute atomic E-state index is 12.4. The zero-order valence-electron chi connectivity index (χ0n) is 13.2. The van der Waals surface area contributed by atoms with Crippen LogP contribution in [0.3, 0.4) is 0 Å². The lowest BCUT2D eigenvalue weighted by atomic mass is 9.84. The summed E-state index contributed by atoms with van der Waals surface area (Å²) in [5.74, 6) is 1.46. The Kier molecular flexibility index (Phi) is 7.71. The van der Waals surface area contributed by atoms with Crippen LogP contribution in [0.5, 0.6) is 0 Å². The van der Waals surface area contributed by atoms with Crippen molar-refractivity contribution >= 4 is 29.7 Å². The van der Waals surface area contributed by atoms with Crippen LogP contribution in [0.4, 0.5) is 0 Å². The van der Waals surface area contributed by atoms with E-state index in [1.165, 1.54) is 17.7 Å². The van der Waals surface area contributed by atoms with Crippen molar-refractivity contribution in [2.24, 2.45) is 11.8 Å². The quantitative estimate of drug-likeness (QED) is 0.892. The van der Waals surface area contributed by atoms with E-state index < -0.39 is 0 Å². The molecule has 120 valence electrons. The second-order valence-corrected chi connectivity index (χ2v) is 6.94. The molecule has 1 saturated heterocycles. The number of nitrogens with one attached hydrogen (secondary N) is 1. The molecule has 1 aromatic rings. The predicted octanol–water partition coefficient (Wildman–Crippen LogP) is 3.72. The summed E-state index contributed by atoms with van der Waals surface area (Å²) in [6.07, 6.45) is 3.09. The lowest BCUT2D eigenvalue weighted by Gasteiger charge is -2.30. The molecule has 0 bridgehead atoms. The molecule has 0 aliphatic carbocycles. The molecule has 21 heavy (non-hydrogen) atoms. The van der Waals surface area contributed by atoms with Crippen LogP contribution in [0.2, 0.25) is 0 Å². The third-order valence-electron chi connectivity index (χ3n) is 4.61. The third kappa shape index (κ3) is 4.97. The molecular formula is C16H27ClN2OS. The molecule has 3 nitrogen and oxygen atoms in total. The number of rotatable bonds is 5. The number of thiophene rings is 1. The Morgan fingerprint density at radius 3 is 2.67 bits per heavy atom. The third-order valence-corrected chi connectivity index (χ3v) is 5.66. The first-order valence-corrected chi connectivity index (χ1v) is 8.47. The fourth-order valence-corrected chi connectivity index (χ4v) is 3.76. The first-order chi connectivity index (χ1) is 9.59. The molecular weight excluding hydrogens is 304 g/mol. The predicted molar refractivity (Wildman–Crippen MR) is 92.1 cm³/mol. The Hall–Kier alpha value is -0.580. The van der Waals surface area contributed by atoms with Crippen LogP contribution in [-0.4, -0.2) is 30.9 Å². The van der Waals surface area contributed by atoms with Gasteiger partial charge in [-0.05, 0) is 56.1 Å². The van der Waals surface area contributed by atoms with Crippen molar-refractivity contribution in [1.82, 2.24) is 10.2 Å². The van der Waals surface area contributed by atoms with Crippen molar-refractivity contribution in [3.05, 3.63) is 22.4 Å². The summed E-state index contributed by atoms with van der Waals surface area (Å²) in [5.41, 5.74) is 0. The summed E-state index contributed by atoms with van der Waals surface area (Å²) in [5, 5.41) is 5.46. The summed E-state index contributed by atoms with van der Waals surface area (Å²) in [6.45, 7) is 6.55. The minimum Gasteiger partial charge on any atom is -0.338 e. The van der Waals surface area contributed by atoms with E-state index in [1.54, 1.807) is 11.3 Å². The minimum absolute atomic E-state index is 0. The van der Waals surface area contributed by atoms with Crippen molar-refractivity contribution in [2.75, 3.05) is 20.1 Å². The maximum Gasteiger partial charge on any atom is 0.223 e. The smallest absolute Gasteiger partial charge is 0.223 e. The van der Waals surface area contributed by atoms with Gasteiger partial charge < -0.3 is 10.2 Å². The Morgan fingerprint density at radius 2 is 2.10 bits per heavy atom. The van der Waals surface area contributed by atoms with E-state index in [0.717, 1.165) is 13.1 Å². The normalized spacial score (nSPS) is 18.6. The largest absolute Gasteiger partial charge is 0.338 e. The molecule has 2 rings (SSSR count). The van der Waals surface area contributed by atoms with Crippen LogP contribution in [0.15, 0.2) is 17.5 Å². The lowest BCUT2D eigenvalue weighted by Crippen LogP contribution is -2.35. The molecule has 2 heterocycles. The molecule has 1 fully saturated rings. The highest BCUT2D eigenvalue weighted by Crippen LogP contribution is 2.28. The van der Waals surface area contributed by atoms with Crippen molar-refractivity contribution in [1.29, 1.82) is 0 Å². The van der Waals surface area contributed by atoms with E-state index in [0.29, 0.717) is 18.3 Å². The van der Waals surface area contributed by atoms with Crippen LogP contribution in [0.1, 0.15) is 44.0 Å². The molecule has 0 saturated carbocycles. The van der Waals surface area contributed by atoms with Gasteiger partial charge in [-0.1, -0.05) is 13.0 Å². The fourth-order valence-electron chi connectivity index (χ4n) is 2.94. The van der Waals surface area contributed by atoms with Crippen molar-refractivity contribution in [3.63, 3.8) is 0 Å². The highest BCUT2D eigenvalue weighted by atomic mass is 35.5. The minimum atomic E-state index is 0. The van der Waals surface area contributed by atoms with Gasteiger partial charge in [0.25, 0.3) is 0 Å². The van der Waals surface area contributed by atoms with Gasteiger partial charge in [0, 0.05) is 18.3 Å². The molecule has 1 N–H and O–H groups in total. The molecule has 0 radical (unpaired) electrons. The highest BCUT2D eigenvalue weighted by molar-refractivity contribution is 7.10. The second kappa shape index (κ2) is 8.76. The zero-order chi connectivity index (χ0) is 14.5. The molecule has 1 aliphatic rings. The fraction of sp³-hybridized carbons (Fsp3) is 0.688. The summed E-state index contributed by atoms with van der Waals surface area (Å²) in [7, 11) is 1.93. The van der Waals surface area contributed by atoms with Crippen LogP contribution in [-0.2, 0) is 4.79 Å². The first-order valence-electron chi connectivity index (χ1n) is 7.59. The van der Waals surface area contributed by atoms with E-state index in [2.05, 4.69) is 30.6 Å². The van der Waals surface area contributed by atoms with Gasteiger partial charge in [0.1, 0.15) is 0 Å². The molecule has 1 amide bonds. The van der Waals surface area contributed by atoms with Gasteiger partial charge >= 0.3 is 0 Å². The van der Waals surface area contributed by atoms with Crippen molar-refractivity contribution in [2.45, 2.75) is 39.2 Å². The van der Waals surface area contributed by atoms with Crippen LogP contribution < -0.4 is 5.32 Å². The Labute approximate surface area is 138 Å². The van der Waals surface area contributed by atoms with Crippen LogP contribution >= 0.6 is 23.7 Å². The SMILES string of the molecule is CC(CC(=O)N(C)C(C)c1cccs1)C1CCNCC1.Cl. The Bertz CT molecular complexity index is 418. The summed E-state index contributed by atoms with van der Waals surface area (Å²) < 4.78 is 0. The number of piperidine rings is 1. The number of carbonyl (C=O) groups is 1. The molecule has 0 aromatic carbocycles. The van der Waals surface area contributed by atoms with Gasteiger partial charge in [-0.15, -0.1) is 23.7 Å². The van der Waals surface area contributed by atoms with Gasteiger partial charge in [-0.25, -0.2) is 0 Å². The topological polar surface area (TPSA) is 32.3 Å². The number of hydrogen-bond donors (Lipinski definition) is 1. The number of amides is 1. The number of hydrogen-bond acceptors (Lipinski definition) is 3. The van der Waals surface area contributed by atoms with E-state index >= 15 is 0 Å². The van der Waals surface area contributed by atoms with Gasteiger partial charge in [0.2, 0.25) is 5.91 Å². The standard InChI is InChI=1S/C16H26N2OS.ClH/c1-12(14-6-8-17-9-7-14)11-16(19)18(3)13(2)15-5-4-10-20-15;/h4-5,10,12-14,17H,6-9,11H2,1-3H3;1H. The van der Waals surface area contributed by atoms with Gasteiger partial charge in [0.15, 0.2) is 0 Å². The van der Waals surface area contributed by atoms with E-state index in [4.69, 9.17) is 0 Å². The van der Waals surface area contributed by atoms with Crippen LogP contribution in [0, 0.1) is 11.8 Å². The highest BCUT2D eigenvalue weighted by Gasteiger charge is 2.25. The Morgan fingerprint density at radius 1 is 1.43 bits per heavy atom. The first kappa shape index (κ1) is 18.5. The van der Waals surface area contributed by atoms with Crippen LogP contribution in [0.25, 0.3) is 0 Å². The molecule has 2 atom stereocenters. The van der Waals surface area contributed by atoms with Gasteiger partial charge in [-0.3, -0.25) is 4.79 Å².